The SMILES string of the molecule is CS(=O)(=O)N1CCC(NC2NCc3cccc(N4CCCS(=O)(=O)C4)c3N2)CC1. The van der Waals surface area contributed by atoms with E-state index in [1.54, 1.807) is 0 Å². The minimum atomic E-state index is -3.13. The summed E-state index contributed by atoms with van der Waals surface area (Å²) in [6.45, 7) is 2.46. The Hall–Kier alpha value is -1.40. The molecule has 3 aliphatic rings. The lowest BCUT2D eigenvalue weighted by Crippen LogP contribution is -2.56. The van der Waals surface area contributed by atoms with Gasteiger partial charge < -0.3 is 10.2 Å². The van der Waals surface area contributed by atoms with Crippen LogP contribution in [0.25, 0.3) is 0 Å². The summed E-state index contributed by atoms with van der Waals surface area (Å²) in [5.74, 6) is 0.310. The summed E-state index contributed by atoms with van der Waals surface area (Å²) in [6.07, 6.45) is 3.26. The van der Waals surface area contributed by atoms with Crippen molar-refractivity contribution in [1.82, 2.24) is 14.9 Å². The summed E-state index contributed by atoms with van der Waals surface area (Å²) in [7, 11) is -6.18. The van der Waals surface area contributed by atoms with E-state index in [0.717, 1.165) is 36.3 Å². The van der Waals surface area contributed by atoms with Gasteiger partial charge in [0.2, 0.25) is 10.0 Å². The number of sulfonamides is 1. The van der Waals surface area contributed by atoms with Crippen molar-refractivity contribution in [3.8, 4) is 0 Å². The zero-order valence-electron chi connectivity index (χ0n) is 16.6. The van der Waals surface area contributed by atoms with Gasteiger partial charge in [0.25, 0.3) is 0 Å². The molecule has 3 aliphatic heterocycles. The zero-order chi connectivity index (χ0) is 20.6. The maximum Gasteiger partial charge on any atom is 0.211 e. The summed E-state index contributed by atoms with van der Waals surface area (Å²) >= 11 is 0. The highest BCUT2D eigenvalue weighted by Crippen LogP contribution is 2.33. The first kappa shape index (κ1) is 20.9. The second-order valence-electron chi connectivity index (χ2n) is 8.07. The largest absolute Gasteiger partial charge is 0.356 e. The number of nitrogens with one attached hydrogen (secondary N) is 3. The molecule has 0 bridgehead atoms. The lowest BCUT2D eigenvalue weighted by atomic mass is 10.1. The van der Waals surface area contributed by atoms with Crippen LogP contribution in [0.3, 0.4) is 0 Å². The van der Waals surface area contributed by atoms with Gasteiger partial charge in [0.15, 0.2) is 9.84 Å². The van der Waals surface area contributed by atoms with Gasteiger partial charge in [-0.15, -0.1) is 0 Å². The maximum absolute atomic E-state index is 12.1. The number of anilines is 2. The van der Waals surface area contributed by atoms with Crippen LogP contribution >= 0.6 is 0 Å². The first-order valence-corrected chi connectivity index (χ1v) is 13.7. The van der Waals surface area contributed by atoms with Gasteiger partial charge in [-0.3, -0.25) is 10.6 Å². The predicted molar refractivity (Wildman–Crippen MR) is 114 cm³/mol. The topological polar surface area (TPSA) is 111 Å². The molecule has 3 N–H and O–H groups in total. The molecule has 9 nitrogen and oxygen atoms in total. The molecule has 2 saturated heterocycles. The van der Waals surface area contributed by atoms with Crippen molar-refractivity contribution in [2.45, 2.75) is 38.1 Å². The number of fused-ring (bicyclic) bond motifs is 1. The van der Waals surface area contributed by atoms with Crippen molar-refractivity contribution in [2.75, 3.05) is 47.7 Å². The minimum absolute atomic E-state index is 0.0562. The first-order valence-electron chi connectivity index (χ1n) is 10.00. The highest BCUT2D eigenvalue weighted by atomic mass is 32.2. The Morgan fingerprint density at radius 1 is 1.17 bits per heavy atom. The highest BCUT2D eigenvalue weighted by Gasteiger charge is 2.30. The third-order valence-corrected chi connectivity index (χ3v) is 8.73. The van der Waals surface area contributed by atoms with E-state index in [2.05, 4.69) is 16.0 Å². The zero-order valence-corrected chi connectivity index (χ0v) is 18.2. The second-order valence-corrected chi connectivity index (χ2v) is 12.2. The van der Waals surface area contributed by atoms with Crippen LogP contribution in [0.2, 0.25) is 0 Å². The predicted octanol–water partition coefficient (Wildman–Crippen LogP) is 0.0813. The van der Waals surface area contributed by atoms with Gasteiger partial charge >= 0.3 is 0 Å². The maximum atomic E-state index is 12.1. The van der Waals surface area contributed by atoms with Crippen molar-refractivity contribution >= 4 is 31.2 Å². The monoisotopic (exact) mass is 443 g/mol. The third-order valence-electron chi connectivity index (χ3n) is 5.82. The number of benzene rings is 1. The van der Waals surface area contributed by atoms with E-state index in [1.165, 1.54) is 10.6 Å². The van der Waals surface area contributed by atoms with Crippen LogP contribution in [-0.4, -0.2) is 71.0 Å². The van der Waals surface area contributed by atoms with E-state index in [-0.39, 0.29) is 24.0 Å². The molecule has 11 heteroatoms. The molecule has 1 atom stereocenters. The van der Waals surface area contributed by atoms with Crippen LogP contribution in [0.4, 0.5) is 11.4 Å². The summed E-state index contributed by atoms with van der Waals surface area (Å²) in [4.78, 5) is 1.94. The average molecular weight is 444 g/mol. The molecule has 0 spiro atoms. The van der Waals surface area contributed by atoms with Gasteiger partial charge in [0.1, 0.15) is 12.2 Å². The van der Waals surface area contributed by atoms with Crippen molar-refractivity contribution in [3.63, 3.8) is 0 Å². The number of hydrogen-bond acceptors (Lipinski definition) is 8. The molecular weight excluding hydrogens is 414 g/mol. The standard InChI is InChI=1S/C18H29N5O4S2/c1-28(24,25)23-9-6-15(7-10-23)20-18-19-12-14-4-2-5-16(17(14)21-18)22-8-3-11-29(26,27)13-22/h2,4-5,15,18-21H,3,6-13H2,1H3. The fourth-order valence-corrected chi connectivity index (χ4v) is 6.61. The molecule has 1 aromatic carbocycles. The molecule has 0 radical (unpaired) electrons. The van der Waals surface area contributed by atoms with Gasteiger partial charge in [-0.2, -0.15) is 0 Å². The Kier molecular flexibility index (Phi) is 5.77. The molecule has 2 fully saturated rings. The minimum Gasteiger partial charge on any atom is -0.356 e. The van der Waals surface area contributed by atoms with E-state index in [1.807, 2.05) is 23.1 Å². The third kappa shape index (κ3) is 4.85. The molecule has 162 valence electrons. The van der Waals surface area contributed by atoms with Gasteiger partial charge in [0.05, 0.1) is 23.4 Å². The van der Waals surface area contributed by atoms with Gasteiger partial charge in [0, 0.05) is 32.2 Å². The van der Waals surface area contributed by atoms with Crippen LogP contribution in [0, 0.1) is 0 Å². The van der Waals surface area contributed by atoms with Crippen molar-refractivity contribution in [3.05, 3.63) is 23.8 Å². The van der Waals surface area contributed by atoms with Gasteiger partial charge in [-0.05, 0) is 30.9 Å². The van der Waals surface area contributed by atoms with Crippen LogP contribution in [-0.2, 0) is 26.4 Å². The number of nitrogens with zero attached hydrogens (tertiary/aromatic N) is 2. The van der Waals surface area contributed by atoms with E-state index in [0.29, 0.717) is 26.1 Å². The smallest absolute Gasteiger partial charge is 0.211 e. The fraction of sp³-hybridized carbons (Fsp3) is 0.667. The number of hydrogen-bond donors (Lipinski definition) is 3. The molecule has 4 rings (SSSR count). The normalized spacial score (nSPS) is 26.0. The fourth-order valence-electron chi connectivity index (χ4n) is 4.29. The average Bonchev–Trinajstić information content (AvgIpc) is 2.66. The van der Waals surface area contributed by atoms with Crippen LogP contribution < -0.4 is 20.9 Å². The first-order chi connectivity index (χ1) is 13.7. The Morgan fingerprint density at radius 2 is 1.93 bits per heavy atom. The summed E-state index contributed by atoms with van der Waals surface area (Å²) in [5.41, 5.74) is 3.00. The molecule has 0 aliphatic carbocycles. The lowest BCUT2D eigenvalue weighted by Gasteiger charge is -2.38. The Balaban J connectivity index is 1.43. The molecule has 0 aromatic heterocycles. The summed E-state index contributed by atoms with van der Waals surface area (Å²) in [5, 5.41) is 10.4. The highest BCUT2D eigenvalue weighted by molar-refractivity contribution is 7.91. The molecule has 1 unspecified atom stereocenters. The van der Waals surface area contributed by atoms with Gasteiger partial charge in [-0.1, -0.05) is 12.1 Å². The molecule has 0 saturated carbocycles. The van der Waals surface area contributed by atoms with E-state index >= 15 is 0 Å². The molecule has 3 heterocycles. The quantitative estimate of drug-likeness (QED) is 0.600. The Labute approximate surface area is 172 Å². The Bertz CT molecular complexity index is 958. The molecular formula is C18H29N5O4S2. The second kappa shape index (κ2) is 8.03. The molecule has 1 aromatic rings. The Morgan fingerprint density at radius 3 is 2.62 bits per heavy atom. The van der Waals surface area contributed by atoms with Crippen LogP contribution in [0.5, 0.6) is 0 Å². The molecule has 0 amide bonds. The number of sulfone groups is 1. The van der Waals surface area contributed by atoms with Crippen molar-refractivity contribution < 1.29 is 16.8 Å². The van der Waals surface area contributed by atoms with E-state index in [9.17, 15) is 16.8 Å². The van der Waals surface area contributed by atoms with E-state index < -0.39 is 19.9 Å². The van der Waals surface area contributed by atoms with Crippen molar-refractivity contribution in [2.24, 2.45) is 0 Å². The summed E-state index contributed by atoms with van der Waals surface area (Å²) < 4.78 is 49.1. The van der Waals surface area contributed by atoms with Crippen LogP contribution in [0.15, 0.2) is 18.2 Å². The van der Waals surface area contributed by atoms with Crippen LogP contribution in [0.1, 0.15) is 24.8 Å². The number of para-hydroxylation sites is 1. The molecule has 29 heavy (non-hydrogen) atoms. The van der Waals surface area contributed by atoms with E-state index in [4.69, 9.17) is 0 Å². The lowest BCUT2D eigenvalue weighted by molar-refractivity contribution is 0.266. The number of piperidine rings is 1. The van der Waals surface area contributed by atoms with Gasteiger partial charge in [-0.25, -0.2) is 21.1 Å². The van der Waals surface area contributed by atoms with Crippen molar-refractivity contribution in [1.29, 1.82) is 0 Å². The number of rotatable bonds is 4. The summed E-state index contributed by atoms with van der Waals surface area (Å²) in [6, 6.07) is 6.19.